The van der Waals surface area contributed by atoms with E-state index in [2.05, 4.69) is 10.0 Å². The van der Waals surface area contributed by atoms with E-state index in [4.69, 9.17) is 4.74 Å². The molecule has 0 saturated heterocycles. The average molecular weight is 500 g/mol. The van der Waals surface area contributed by atoms with Crippen LogP contribution in [-0.4, -0.2) is 39.3 Å². The van der Waals surface area contributed by atoms with Crippen molar-refractivity contribution < 1.29 is 27.1 Å². The summed E-state index contributed by atoms with van der Waals surface area (Å²) in [5.41, 5.74) is 2.20. The molecule has 3 rings (SSSR count). The van der Waals surface area contributed by atoms with E-state index in [1.54, 1.807) is 37.4 Å². The largest absolute Gasteiger partial charge is 0.494 e. The second-order valence-corrected chi connectivity index (χ2v) is 9.62. The SMILES string of the molecule is COc1ccc(CN(C)C(=O)c2ccc(CNS(=O)(=O)c3ccc(NC(C)=O)cc3)cc2)cc1F. The van der Waals surface area contributed by atoms with Gasteiger partial charge in [-0.2, -0.15) is 0 Å². The summed E-state index contributed by atoms with van der Waals surface area (Å²) in [7, 11) is -0.766. The highest BCUT2D eigenvalue weighted by Gasteiger charge is 2.16. The van der Waals surface area contributed by atoms with Crippen LogP contribution in [0.3, 0.4) is 0 Å². The maximum atomic E-state index is 13.9. The van der Waals surface area contributed by atoms with Gasteiger partial charge in [0, 0.05) is 38.3 Å². The molecule has 0 aliphatic rings. The van der Waals surface area contributed by atoms with Gasteiger partial charge in [0.05, 0.1) is 12.0 Å². The van der Waals surface area contributed by atoms with Crippen LogP contribution in [0.2, 0.25) is 0 Å². The van der Waals surface area contributed by atoms with Crippen LogP contribution in [0, 0.1) is 5.82 Å². The number of benzene rings is 3. The predicted molar refractivity (Wildman–Crippen MR) is 130 cm³/mol. The van der Waals surface area contributed by atoms with Gasteiger partial charge >= 0.3 is 0 Å². The molecule has 184 valence electrons. The van der Waals surface area contributed by atoms with Crippen molar-refractivity contribution in [1.29, 1.82) is 0 Å². The lowest BCUT2D eigenvalue weighted by Crippen LogP contribution is -2.26. The van der Waals surface area contributed by atoms with Gasteiger partial charge < -0.3 is 15.0 Å². The summed E-state index contributed by atoms with van der Waals surface area (Å²) in [5, 5.41) is 2.58. The van der Waals surface area contributed by atoms with Crippen molar-refractivity contribution in [3.63, 3.8) is 0 Å². The lowest BCUT2D eigenvalue weighted by atomic mass is 10.1. The summed E-state index contributed by atoms with van der Waals surface area (Å²) in [6.07, 6.45) is 0. The van der Waals surface area contributed by atoms with Gasteiger partial charge in [-0.3, -0.25) is 9.59 Å². The Kier molecular flexibility index (Phi) is 8.21. The molecular weight excluding hydrogens is 473 g/mol. The Balaban J connectivity index is 1.59. The molecule has 0 aliphatic heterocycles. The number of nitrogens with one attached hydrogen (secondary N) is 2. The molecule has 0 aromatic heterocycles. The number of ether oxygens (including phenoxy) is 1. The number of methoxy groups -OCH3 is 1. The second-order valence-electron chi connectivity index (χ2n) is 7.86. The first kappa shape index (κ1) is 25.9. The summed E-state index contributed by atoms with van der Waals surface area (Å²) in [6.45, 7) is 1.61. The zero-order valence-corrected chi connectivity index (χ0v) is 20.4. The van der Waals surface area contributed by atoms with Crippen molar-refractivity contribution in [2.45, 2.75) is 24.9 Å². The van der Waals surface area contributed by atoms with Crippen molar-refractivity contribution in [3.8, 4) is 5.75 Å². The van der Waals surface area contributed by atoms with E-state index in [-0.39, 0.29) is 35.5 Å². The van der Waals surface area contributed by atoms with Crippen LogP contribution < -0.4 is 14.8 Å². The topological polar surface area (TPSA) is 105 Å². The molecule has 10 heteroatoms. The number of rotatable bonds is 9. The number of hydrogen-bond acceptors (Lipinski definition) is 5. The van der Waals surface area contributed by atoms with Gasteiger partial charge in [-0.15, -0.1) is 0 Å². The van der Waals surface area contributed by atoms with Crippen molar-refractivity contribution in [2.24, 2.45) is 0 Å². The maximum absolute atomic E-state index is 13.9. The number of amides is 2. The highest BCUT2D eigenvalue weighted by atomic mass is 32.2. The van der Waals surface area contributed by atoms with E-state index in [0.717, 1.165) is 0 Å². The van der Waals surface area contributed by atoms with E-state index < -0.39 is 15.8 Å². The Morgan fingerprint density at radius 2 is 1.60 bits per heavy atom. The zero-order chi connectivity index (χ0) is 25.6. The van der Waals surface area contributed by atoms with E-state index in [9.17, 15) is 22.4 Å². The van der Waals surface area contributed by atoms with Crippen molar-refractivity contribution in [2.75, 3.05) is 19.5 Å². The summed E-state index contributed by atoms with van der Waals surface area (Å²) >= 11 is 0. The summed E-state index contributed by atoms with van der Waals surface area (Å²) in [6, 6.07) is 16.9. The fourth-order valence-electron chi connectivity index (χ4n) is 3.32. The minimum absolute atomic E-state index is 0.0330. The van der Waals surface area contributed by atoms with E-state index in [1.165, 1.54) is 55.3 Å². The number of nitrogens with zero attached hydrogens (tertiary/aromatic N) is 1. The first-order valence-electron chi connectivity index (χ1n) is 10.6. The standard InChI is InChI=1S/C25H26FN3O5S/c1-17(30)28-21-9-11-22(12-10-21)35(32,33)27-15-18-4-7-20(8-5-18)25(31)29(2)16-19-6-13-24(34-3)23(26)14-19/h4-14,27H,15-16H2,1-3H3,(H,28,30). The maximum Gasteiger partial charge on any atom is 0.253 e. The Hall–Kier alpha value is -3.76. The molecule has 35 heavy (non-hydrogen) atoms. The van der Waals surface area contributed by atoms with Gasteiger partial charge in [-0.25, -0.2) is 17.5 Å². The second kappa shape index (κ2) is 11.1. The Morgan fingerprint density at radius 1 is 0.971 bits per heavy atom. The first-order chi connectivity index (χ1) is 16.6. The third-order valence-electron chi connectivity index (χ3n) is 5.13. The lowest BCUT2D eigenvalue weighted by Gasteiger charge is -2.18. The van der Waals surface area contributed by atoms with E-state index in [0.29, 0.717) is 22.4 Å². The monoisotopic (exact) mass is 499 g/mol. The highest BCUT2D eigenvalue weighted by molar-refractivity contribution is 7.89. The minimum atomic E-state index is -3.76. The molecule has 0 radical (unpaired) electrons. The number of halogens is 1. The number of hydrogen-bond donors (Lipinski definition) is 2. The van der Waals surface area contributed by atoms with Crippen LogP contribution in [0.1, 0.15) is 28.4 Å². The molecule has 0 spiro atoms. The third kappa shape index (κ3) is 6.87. The average Bonchev–Trinajstić information content (AvgIpc) is 2.83. The Labute approximate surface area is 203 Å². The van der Waals surface area contributed by atoms with E-state index >= 15 is 0 Å². The molecule has 0 heterocycles. The molecule has 0 saturated carbocycles. The minimum Gasteiger partial charge on any atom is -0.494 e. The molecular formula is C25H26FN3O5S. The predicted octanol–water partition coefficient (Wildman–Crippen LogP) is 3.54. The van der Waals surface area contributed by atoms with Gasteiger partial charge in [0.25, 0.3) is 5.91 Å². The summed E-state index contributed by atoms with van der Waals surface area (Å²) in [5.74, 6) is -0.869. The molecule has 0 fully saturated rings. The van der Waals surface area contributed by atoms with Crippen molar-refractivity contribution in [1.82, 2.24) is 9.62 Å². The molecule has 0 bridgehead atoms. The third-order valence-corrected chi connectivity index (χ3v) is 6.55. The van der Waals surface area contributed by atoms with Crippen LogP contribution in [-0.2, 0) is 27.9 Å². The zero-order valence-electron chi connectivity index (χ0n) is 19.5. The summed E-state index contributed by atoms with van der Waals surface area (Å²) in [4.78, 5) is 25.4. The quantitative estimate of drug-likeness (QED) is 0.469. The van der Waals surface area contributed by atoms with Crippen molar-refractivity contribution >= 4 is 27.5 Å². The van der Waals surface area contributed by atoms with Gasteiger partial charge in [0.2, 0.25) is 15.9 Å². The molecule has 0 unspecified atom stereocenters. The van der Waals surface area contributed by atoms with Crippen LogP contribution in [0.5, 0.6) is 5.75 Å². The number of carbonyl (C=O) groups excluding carboxylic acids is 2. The number of carbonyl (C=O) groups is 2. The van der Waals surface area contributed by atoms with E-state index in [1.807, 2.05) is 0 Å². The summed E-state index contributed by atoms with van der Waals surface area (Å²) < 4.78 is 46.4. The normalized spacial score (nSPS) is 11.1. The van der Waals surface area contributed by atoms with Crippen LogP contribution in [0.25, 0.3) is 0 Å². The van der Waals surface area contributed by atoms with Gasteiger partial charge in [-0.1, -0.05) is 18.2 Å². The Morgan fingerprint density at radius 3 is 2.17 bits per heavy atom. The van der Waals surface area contributed by atoms with Crippen LogP contribution in [0.4, 0.5) is 10.1 Å². The lowest BCUT2D eigenvalue weighted by molar-refractivity contribution is -0.114. The molecule has 2 amide bonds. The van der Waals surface area contributed by atoms with Crippen LogP contribution in [0.15, 0.2) is 71.6 Å². The molecule has 2 N–H and O–H groups in total. The number of anilines is 1. The Bertz CT molecular complexity index is 1310. The fourth-order valence-corrected chi connectivity index (χ4v) is 4.34. The molecule has 3 aromatic carbocycles. The molecule has 3 aromatic rings. The highest BCUT2D eigenvalue weighted by Crippen LogP contribution is 2.19. The smallest absolute Gasteiger partial charge is 0.253 e. The van der Waals surface area contributed by atoms with Crippen LogP contribution >= 0.6 is 0 Å². The first-order valence-corrected chi connectivity index (χ1v) is 12.1. The molecule has 8 nitrogen and oxygen atoms in total. The van der Waals surface area contributed by atoms with Gasteiger partial charge in [-0.05, 0) is 59.7 Å². The molecule has 0 atom stereocenters. The van der Waals surface area contributed by atoms with Crippen molar-refractivity contribution in [3.05, 3.63) is 89.2 Å². The number of sulfonamides is 1. The molecule has 0 aliphatic carbocycles. The fraction of sp³-hybridized carbons (Fsp3) is 0.200. The van der Waals surface area contributed by atoms with Gasteiger partial charge in [0.1, 0.15) is 0 Å². The van der Waals surface area contributed by atoms with Gasteiger partial charge in [0.15, 0.2) is 11.6 Å².